The van der Waals surface area contributed by atoms with Crippen LogP contribution in [0.2, 0.25) is 0 Å². The first-order valence-corrected chi connectivity index (χ1v) is 40.8. The van der Waals surface area contributed by atoms with Gasteiger partial charge in [-0.2, -0.15) is 0 Å². The minimum atomic E-state index is -4.93. The SMILES string of the molecule is CC/C=C\C/C=C\C/C=C\C/C=C\C/C=C\C/C=C\CCCCCCCCCCCCCCC(=O)OCC(O)COP(=O)(O)OCC(O)COP(=O)(O)OCC(COC(=O)CCCCCCCC/C=C\C/C=C\C/C=C\CCCCC)OC(=O)CCCCCCC/C=C\CCCC. The van der Waals surface area contributed by atoms with Crippen LogP contribution >= 0.6 is 15.6 Å². The molecule has 16 nitrogen and oxygen atoms in total. The molecule has 0 saturated heterocycles. The Bertz CT molecular complexity index is 2250. The second kappa shape index (κ2) is 71.8. The molecule has 97 heavy (non-hydrogen) atoms. The van der Waals surface area contributed by atoms with Crippen LogP contribution < -0.4 is 0 Å². The summed E-state index contributed by atoms with van der Waals surface area (Å²) in [5, 5.41) is 20.6. The first-order valence-electron chi connectivity index (χ1n) is 37.8. The number of carbonyl (C=O) groups excluding carboxylic acids is 3. The number of aliphatic hydroxyl groups excluding tert-OH is 2. The average molecular weight is 1400 g/mol. The fourth-order valence-electron chi connectivity index (χ4n) is 9.86. The van der Waals surface area contributed by atoms with Gasteiger partial charge in [-0.1, -0.05) is 277 Å². The van der Waals surface area contributed by atoms with E-state index in [-0.39, 0.29) is 19.3 Å². The highest BCUT2D eigenvalue weighted by molar-refractivity contribution is 7.47. The van der Waals surface area contributed by atoms with Crippen LogP contribution in [-0.2, 0) is 55.8 Å². The van der Waals surface area contributed by atoms with Crippen molar-refractivity contribution >= 4 is 33.6 Å². The van der Waals surface area contributed by atoms with Crippen LogP contribution in [0.1, 0.15) is 303 Å². The van der Waals surface area contributed by atoms with Gasteiger partial charge >= 0.3 is 33.6 Å². The molecule has 0 bridgehead atoms. The zero-order chi connectivity index (χ0) is 70.9. The predicted octanol–water partition coefficient (Wildman–Crippen LogP) is 21.8. The highest BCUT2D eigenvalue weighted by atomic mass is 31.2. The molecule has 0 spiro atoms. The monoisotopic (exact) mass is 1400 g/mol. The van der Waals surface area contributed by atoms with Crippen molar-refractivity contribution in [2.24, 2.45) is 0 Å². The fraction of sp³-hybridized carbons (Fsp3) is 0.709. The Balaban J connectivity index is 4.42. The maximum absolute atomic E-state index is 12.9. The third-order valence-electron chi connectivity index (χ3n) is 15.6. The number of rotatable bonds is 71. The molecule has 0 amide bonds. The van der Waals surface area contributed by atoms with Crippen LogP contribution in [0.15, 0.2) is 122 Å². The predicted molar refractivity (Wildman–Crippen MR) is 399 cm³/mol. The van der Waals surface area contributed by atoms with Crippen LogP contribution in [0.4, 0.5) is 0 Å². The Morgan fingerprint density at radius 2 is 0.557 bits per heavy atom. The first kappa shape index (κ1) is 93.0. The van der Waals surface area contributed by atoms with Gasteiger partial charge in [-0.05, 0) is 128 Å². The molecular formula is C79H136O16P2. The molecule has 558 valence electrons. The number of hydrogen-bond donors (Lipinski definition) is 4. The number of unbranched alkanes of at least 4 members (excludes halogenated alkanes) is 28. The quantitative estimate of drug-likeness (QED) is 0.0146. The second-order valence-corrected chi connectivity index (χ2v) is 28.0. The second-order valence-electron chi connectivity index (χ2n) is 25.1. The normalized spacial score (nSPS) is 14.8. The van der Waals surface area contributed by atoms with Crippen LogP contribution in [-0.4, -0.2) is 95.9 Å². The van der Waals surface area contributed by atoms with Gasteiger partial charge in [0.2, 0.25) is 0 Å². The summed E-state index contributed by atoms with van der Waals surface area (Å²) >= 11 is 0. The van der Waals surface area contributed by atoms with E-state index in [1.165, 1.54) is 83.5 Å². The number of carbonyl (C=O) groups is 3. The van der Waals surface area contributed by atoms with Crippen molar-refractivity contribution in [1.82, 2.24) is 0 Å². The van der Waals surface area contributed by atoms with Crippen molar-refractivity contribution in [2.75, 3.05) is 39.6 Å². The summed E-state index contributed by atoms with van der Waals surface area (Å²) in [6, 6.07) is 0. The van der Waals surface area contributed by atoms with Gasteiger partial charge in [0.15, 0.2) is 6.10 Å². The highest BCUT2D eigenvalue weighted by Crippen LogP contribution is 2.45. The van der Waals surface area contributed by atoms with E-state index < -0.39 is 91.5 Å². The summed E-state index contributed by atoms with van der Waals surface area (Å²) in [5.74, 6) is -1.60. The first-order chi connectivity index (χ1) is 47.2. The van der Waals surface area contributed by atoms with Crippen LogP contribution in [0, 0.1) is 0 Å². The van der Waals surface area contributed by atoms with E-state index in [1.54, 1.807) is 0 Å². The van der Waals surface area contributed by atoms with Crippen LogP contribution in [0.25, 0.3) is 0 Å². The summed E-state index contributed by atoms with van der Waals surface area (Å²) in [6.07, 6.45) is 84.1. The molecule has 18 heteroatoms. The molecule has 0 aliphatic heterocycles. The van der Waals surface area contributed by atoms with Gasteiger partial charge in [0.05, 0.1) is 26.4 Å². The fourth-order valence-corrected chi connectivity index (χ4v) is 11.4. The van der Waals surface area contributed by atoms with Gasteiger partial charge in [0.25, 0.3) is 0 Å². The van der Waals surface area contributed by atoms with Gasteiger partial charge in [-0.25, -0.2) is 9.13 Å². The van der Waals surface area contributed by atoms with E-state index in [0.717, 1.165) is 161 Å². The lowest BCUT2D eigenvalue weighted by Crippen LogP contribution is -2.30. The molecular weight excluding hydrogens is 1270 g/mol. The lowest BCUT2D eigenvalue weighted by molar-refractivity contribution is -0.161. The minimum absolute atomic E-state index is 0.0902. The van der Waals surface area contributed by atoms with Crippen LogP contribution in [0.5, 0.6) is 0 Å². The molecule has 0 aromatic heterocycles. The Morgan fingerprint density at radius 3 is 0.907 bits per heavy atom. The summed E-state index contributed by atoms with van der Waals surface area (Å²) in [5.41, 5.74) is 0. The third kappa shape index (κ3) is 73.0. The van der Waals surface area contributed by atoms with Gasteiger partial charge in [-0.3, -0.25) is 32.5 Å². The van der Waals surface area contributed by atoms with Crippen molar-refractivity contribution in [3.63, 3.8) is 0 Å². The molecule has 0 saturated carbocycles. The molecule has 0 fully saturated rings. The van der Waals surface area contributed by atoms with E-state index in [2.05, 4.69) is 142 Å². The van der Waals surface area contributed by atoms with Crippen molar-refractivity contribution in [1.29, 1.82) is 0 Å². The Morgan fingerprint density at radius 1 is 0.299 bits per heavy atom. The largest absolute Gasteiger partial charge is 0.472 e. The molecule has 5 atom stereocenters. The van der Waals surface area contributed by atoms with E-state index in [0.29, 0.717) is 19.3 Å². The summed E-state index contributed by atoms with van der Waals surface area (Å²) in [6.45, 7) is 2.47. The van der Waals surface area contributed by atoms with E-state index in [1.807, 2.05) is 0 Å². The van der Waals surface area contributed by atoms with Crippen molar-refractivity contribution < 1.29 is 75.8 Å². The summed E-state index contributed by atoms with van der Waals surface area (Å²) in [7, 11) is -9.78. The highest BCUT2D eigenvalue weighted by Gasteiger charge is 2.29. The van der Waals surface area contributed by atoms with Crippen molar-refractivity contribution in [2.45, 2.75) is 322 Å². The lowest BCUT2D eigenvalue weighted by Gasteiger charge is -2.21. The summed E-state index contributed by atoms with van der Waals surface area (Å²) < 4.78 is 60.9. The molecule has 4 N–H and O–H groups in total. The smallest absolute Gasteiger partial charge is 0.463 e. The standard InChI is InChI=1S/C79H136O16P2/c1-4-7-10-13-16-19-22-24-26-28-30-31-32-33-34-35-36-37-38-39-40-41-43-45-46-48-51-53-56-59-62-65-77(82)89-68-74(80)69-91-96(85,86)92-70-75(81)71-93-97(87,88)94-73-76(95-79(84)67-64-61-58-55-50-21-18-15-12-9-6-3)72-90-78(83)66-63-60-57-54-52-49-47-44-42-29-27-25-23-20-17-14-11-8-5-2/h7,10,15-20,24-27,30-31,33-34,36-37,42,44,74-76,80-81H,4-6,8-9,11-14,21-23,28-29,32,35,38-41,43,45-73H2,1-3H3,(H,85,86)(H,87,88)/b10-7-,18-15-,19-16-,20-17-,26-24-,27-25-,31-30-,34-33-,37-36-,44-42-. The molecule has 0 aromatic carbocycles. The number of ether oxygens (including phenoxy) is 3. The Kier molecular flexibility index (Phi) is 68.8. The molecule has 5 unspecified atom stereocenters. The third-order valence-corrected chi connectivity index (χ3v) is 17.5. The molecule has 0 radical (unpaired) electrons. The zero-order valence-corrected chi connectivity index (χ0v) is 62.5. The molecule has 0 aliphatic rings. The molecule has 0 aliphatic carbocycles. The van der Waals surface area contributed by atoms with Crippen LogP contribution in [0.3, 0.4) is 0 Å². The van der Waals surface area contributed by atoms with Gasteiger partial charge in [0.1, 0.15) is 25.4 Å². The zero-order valence-electron chi connectivity index (χ0n) is 60.7. The van der Waals surface area contributed by atoms with E-state index in [4.69, 9.17) is 32.3 Å². The van der Waals surface area contributed by atoms with E-state index >= 15 is 0 Å². The molecule has 0 rings (SSSR count). The van der Waals surface area contributed by atoms with E-state index in [9.17, 15) is 43.5 Å². The number of phosphoric acid groups is 2. The number of hydrogen-bond acceptors (Lipinski definition) is 14. The number of allylic oxidation sites excluding steroid dienone is 20. The number of phosphoric ester groups is 2. The molecule has 0 heterocycles. The van der Waals surface area contributed by atoms with Crippen molar-refractivity contribution in [3.8, 4) is 0 Å². The lowest BCUT2D eigenvalue weighted by atomic mass is 10.0. The van der Waals surface area contributed by atoms with Gasteiger partial charge < -0.3 is 34.2 Å². The van der Waals surface area contributed by atoms with Crippen molar-refractivity contribution in [3.05, 3.63) is 122 Å². The Labute approximate surface area is 589 Å². The number of esters is 3. The summed E-state index contributed by atoms with van der Waals surface area (Å²) in [4.78, 5) is 58.4. The van der Waals surface area contributed by atoms with Gasteiger partial charge in [0, 0.05) is 19.3 Å². The molecule has 0 aromatic rings. The van der Waals surface area contributed by atoms with Gasteiger partial charge in [-0.15, -0.1) is 0 Å². The minimum Gasteiger partial charge on any atom is -0.463 e. The maximum atomic E-state index is 12.9. The Hall–Kier alpha value is -4.05. The topological polar surface area (TPSA) is 231 Å². The maximum Gasteiger partial charge on any atom is 0.472 e. The average Bonchev–Trinajstić information content (AvgIpc) is 2.81. The number of aliphatic hydroxyl groups is 2.